The first-order valence-electron chi connectivity index (χ1n) is 9.97. The van der Waals surface area contributed by atoms with Crippen molar-refractivity contribution in [2.75, 3.05) is 23.4 Å². The summed E-state index contributed by atoms with van der Waals surface area (Å²) in [5, 5.41) is 18.0. The van der Waals surface area contributed by atoms with Crippen LogP contribution in [0.2, 0.25) is 0 Å². The van der Waals surface area contributed by atoms with Gasteiger partial charge in [-0.25, -0.2) is 9.97 Å². The van der Waals surface area contributed by atoms with Crippen LogP contribution < -0.4 is 16.4 Å². The van der Waals surface area contributed by atoms with Gasteiger partial charge in [0.05, 0.1) is 24.4 Å². The predicted octanol–water partition coefficient (Wildman–Crippen LogP) is 1.36. The van der Waals surface area contributed by atoms with Gasteiger partial charge in [0.1, 0.15) is 0 Å². The zero-order chi connectivity index (χ0) is 24.1. The van der Waals surface area contributed by atoms with Crippen LogP contribution in [0, 0.1) is 5.92 Å². The van der Waals surface area contributed by atoms with Crippen molar-refractivity contribution < 1.29 is 24.6 Å². The molecule has 0 saturated heterocycles. The van der Waals surface area contributed by atoms with E-state index in [-0.39, 0.29) is 36.8 Å². The van der Waals surface area contributed by atoms with Gasteiger partial charge in [0, 0.05) is 31.1 Å². The number of carbonyl (C=O) groups is 3. The van der Waals surface area contributed by atoms with E-state index in [2.05, 4.69) is 19.9 Å². The number of Topliss-reactive ketones (excluding diaryl/α,β-unsaturated/α-hetero) is 1. The number of aromatic nitrogens is 4. The predicted molar refractivity (Wildman–Crippen MR) is 119 cm³/mol. The molecule has 2 heterocycles. The standard InChI is InChI=1S/C21H23N7O5/c1-28(10-13-9-24-19-17(25-13)18(22)26-21(23)27-19)14-5-2-11(3-6-14)15(29)8-12(20(32)33)4-7-16(30)31/h2-3,5-6,9,12H,4,7-8,10H2,1H3,(H,30,31)(H,32,33)(H4,22,23,24,26,27)/t12-/m0/s1. The summed E-state index contributed by atoms with van der Waals surface area (Å²) in [7, 11) is 1.83. The van der Waals surface area contributed by atoms with Crippen molar-refractivity contribution in [3.8, 4) is 0 Å². The summed E-state index contributed by atoms with van der Waals surface area (Å²) in [5.41, 5.74) is 13.8. The number of carbonyl (C=O) groups excluding carboxylic acids is 1. The first-order valence-corrected chi connectivity index (χ1v) is 9.97. The van der Waals surface area contributed by atoms with Crippen molar-refractivity contribution in [3.63, 3.8) is 0 Å². The summed E-state index contributed by atoms with van der Waals surface area (Å²) < 4.78 is 0. The molecule has 0 aliphatic heterocycles. The highest BCUT2D eigenvalue weighted by molar-refractivity contribution is 5.98. The average molecular weight is 453 g/mol. The van der Waals surface area contributed by atoms with Gasteiger partial charge in [-0.05, 0) is 30.7 Å². The van der Waals surface area contributed by atoms with E-state index in [1.165, 1.54) is 0 Å². The lowest BCUT2D eigenvalue weighted by Gasteiger charge is -2.19. The summed E-state index contributed by atoms with van der Waals surface area (Å²) in [4.78, 5) is 52.9. The van der Waals surface area contributed by atoms with E-state index in [1.807, 2.05) is 11.9 Å². The fourth-order valence-corrected chi connectivity index (χ4v) is 3.25. The fraction of sp³-hybridized carbons (Fsp3) is 0.286. The first kappa shape index (κ1) is 23.3. The van der Waals surface area contributed by atoms with Gasteiger partial charge in [-0.1, -0.05) is 0 Å². The largest absolute Gasteiger partial charge is 0.481 e. The maximum Gasteiger partial charge on any atom is 0.306 e. The summed E-state index contributed by atoms with van der Waals surface area (Å²) in [5.74, 6) is -3.54. The topological polar surface area (TPSA) is 199 Å². The van der Waals surface area contributed by atoms with Crippen molar-refractivity contribution in [2.24, 2.45) is 5.92 Å². The number of carboxylic acid groups (broad SMARTS) is 2. The van der Waals surface area contributed by atoms with E-state index in [1.54, 1.807) is 30.5 Å². The van der Waals surface area contributed by atoms with Crippen LogP contribution in [0.15, 0.2) is 30.5 Å². The number of ketones is 1. The molecule has 12 heteroatoms. The van der Waals surface area contributed by atoms with Gasteiger partial charge >= 0.3 is 11.9 Å². The number of rotatable bonds is 10. The van der Waals surface area contributed by atoms with E-state index in [0.717, 1.165) is 5.69 Å². The molecule has 3 rings (SSSR count). The minimum Gasteiger partial charge on any atom is -0.481 e. The molecule has 0 aliphatic carbocycles. The van der Waals surface area contributed by atoms with E-state index in [4.69, 9.17) is 16.6 Å². The Labute approximate surface area is 188 Å². The molecule has 0 aliphatic rings. The van der Waals surface area contributed by atoms with Crippen LogP contribution in [-0.4, -0.2) is 54.9 Å². The van der Waals surface area contributed by atoms with E-state index in [0.29, 0.717) is 29.0 Å². The molecule has 6 N–H and O–H groups in total. The molecule has 2 aromatic heterocycles. The van der Waals surface area contributed by atoms with Crippen LogP contribution in [0.5, 0.6) is 0 Å². The summed E-state index contributed by atoms with van der Waals surface area (Å²) >= 11 is 0. The number of carboxylic acids is 2. The zero-order valence-corrected chi connectivity index (χ0v) is 17.8. The second kappa shape index (κ2) is 9.85. The van der Waals surface area contributed by atoms with Crippen LogP contribution in [0.25, 0.3) is 11.2 Å². The lowest BCUT2D eigenvalue weighted by Crippen LogP contribution is -2.20. The number of hydrogen-bond acceptors (Lipinski definition) is 10. The Hall–Kier alpha value is -4.35. The number of nitrogen functional groups attached to an aromatic ring is 2. The number of benzene rings is 1. The number of hydrogen-bond donors (Lipinski definition) is 4. The number of nitrogens with two attached hydrogens (primary N) is 2. The highest BCUT2D eigenvalue weighted by Gasteiger charge is 2.23. The van der Waals surface area contributed by atoms with E-state index >= 15 is 0 Å². The van der Waals surface area contributed by atoms with Crippen LogP contribution in [0.4, 0.5) is 17.5 Å². The number of nitrogens with zero attached hydrogens (tertiary/aromatic N) is 5. The Morgan fingerprint density at radius 2 is 1.76 bits per heavy atom. The molecule has 3 aromatic rings. The van der Waals surface area contributed by atoms with Crippen molar-refractivity contribution in [2.45, 2.75) is 25.8 Å². The number of aliphatic carboxylic acids is 2. The van der Waals surface area contributed by atoms with Gasteiger partial charge in [0.2, 0.25) is 5.95 Å². The molecule has 0 fully saturated rings. The first-order chi connectivity index (χ1) is 15.6. The van der Waals surface area contributed by atoms with E-state index in [9.17, 15) is 19.5 Å². The van der Waals surface area contributed by atoms with Crippen LogP contribution in [0.3, 0.4) is 0 Å². The third-order valence-electron chi connectivity index (χ3n) is 5.02. The smallest absolute Gasteiger partial charge is 0.306 e. The van der Waals surface area contributed by atoms with Crippen molar-refractivity contribution in [1.29, 1.82) is 0 Å². The van der Waals surface area contributed by atoms with Crippen LogP contribution in [0.1, 0.15) is 35.3 Å². The minimum atomic E-state index is -1.19. The van der Waals surface area contributed by atoms with Gasteiger partial charge in [0.25, 0.3) is 0 Å². The third kappa shape index (κ3) is 5.87. The second-order valence-electron chi connectivity index (χ2n) is 7.50. The zero-order valence-electron chi connectivity index (χ0n) is 17.8. The monoisotopic (exact) mass is 453 g/mol. The number of anilines is 3. The molecule has 0 amide bonds. The fourth-order valence-electron chi connectivity index (χ4n) is 3.25. The highest BCUT2D eigenvalue weighted by atomic mass is 16.4. The molecule has 0 spiro atoms. The molecule has 172 valence electrons. The maximum absolute atomic E-state index is 12.5. The number of fused-ring (bicyclic) bond motifs is 1. The Bertz CT molecular complexity index is 1200. The van der Waals surface area contributed by atoms with Gasteiger partial charge in [-0.3, -0.25) is 14.4 Å². The lowest BCUT2D eigenvalue weighted by atomic mass is 9.94. The molecule has 12 nitrogen and oxygen atoms in total. The molecule has 1 aromatic carbocycles. The molecule has 33 heavy (non-hydrogen) atoms. The van der Waals surface area contributed by atoms with Crippen molar-refractivity contribution in [1.82, 2.24) is 19.9 Å². The van der Waals surface area contributed by atoms with Crippen molar-refractivity contribution >= 4 is 46.3 Å². The normalized spacial score (nSPS) is 11.8. The van der Waals surface area contributed by atoms with E-state index < -0.39 is 17.9 Å². The molecule has 0 radical (unpaired) electrons. The van der Waals surface area contributed by atoms with Gasteiger partial charge in [-0.15, -0.1) is 0 Å². The Morgan fingerprint density at radius 1 is 1.06 bits per heavy atom. The molecular formula is C21H23N7O5. The molecule has 0 saturated carbocycles. The van der Waals surface area contributed by atoms with Crippen LogP contribution >= 0.6 is 0 Å². The third-order valence-corrected chi connectivity index (χ3v) is 5.02. The minimum absolute atomic E-state index is 0.0189. The maximum atomic E-state index is 12.5. The summed E-state index contributed by atoms with van der Waals surface area (Å²) in [6.45, 7) is 0.385. The highest BCUT2D eigenvalue weighted by Crippen LogP contribution is 2.21. The van der Waals surface area contributed by atoms with Gasteiger partial charge in [0.15, 0.2) is 22.8 Å². The summed E-state index contributed by atoms with van der Waals surface area (Å²) in [6.07, 6.45) is 0.882. The average Bonchev–Trinajstić information content (AvgIpc) is 2.76. The quantitative estimate of drug-likeness (QED) is 0.322. The molecule has 1 atom stereocenters. The second-order valence-corrected chi connectivity index (χ2v) is 7.50. The Balaban J connectivity index is 1.67. The SMILES string of the molecule is CN(Cc1cnc2nc(N)nc(N)c2n1)c1ccc(C(=O)C[C@H](CCC(=O)O)C(=O)O)cc1. The Kier molecular flexibility index (Phi) is 6.96. The molecular weight excluding hydrogens is 430 g/mol. The van der Waals surface area contributed by atoms with Gasteiger partial charge < -0.3 is 26.6 Å². The molecule has 0 unspecified atom stereocenters. The summed E-state index contributed by atoms with van der Waals surface area (Å²) in [6, 6.07) is 6.66. The Morgan fingerprint density at radius 3 is 2.39 bits per heavy atom. The van der Waals surface area contributed by atoms with Crippen molar-refractivity contribution in [3.05, 3.63) is 41.7 Å². The van der Waals surface area contributed by atoms with Gasteiger partial charge in [-0.2, -0.15) is 9.97 Å². The lowest BCUT2D eigenvalue weighted by molar-refractivity contribution is -0.142. The van der Waals surface area contributed by atoms with Crippen LogP contribution in [-0.2, 0) is 16.1 Å². The molecule has 0 bridgehead atoms.